The molecule has 0 aliphatic rings. The van der Waals surface area contributed by atoms with Gasteiger partial charge in [-0.1, -0.05) is 167 Å². The van der Waals surface area contributed by atoms with Gasteiger partial charge in [-0.2, -0.15) is 0 Å². The summed E-state index contributed by atoms with van der Waals surface area (Å²) in [6.45, 7) is 9.29. The van der Waals surface area contributed by atoms with Crippen LogP contribution in [0.2, 0.25) is 0 Å². The largest absolute Gasteiger partial charge is 0.446 e. The highest BCUT2D eigenvalue weighted by Gasteiger charge is 2.17. The fraction of sp³-hybridized carbons (Fsp3) is 0.886. The third-order valence-electron chi connectivity index (χ3n) is 9.59. The molecule has 5 nitrogen and oxygen atoms in total. The molecule has 0 radical (unpaired) electrons. The van der Waals surface area contributed by atoms with Crippen LogP contribution in [0.4, 0.5) is 4.79 Å². The van der Waals surface area contributed by atoms with Gasteiger partial charge in [0.15, 0.2) is 0 Å². The number of carbonyl (C=O) groups is 1. The van der Waals surface area contributed by atoms with Gasteiger partial charge in [-0.3, -0.25) is 0 Å². The van der Waals surface area contributed by atoms with Gasteiger partial charge in [0, 0.05) is 13.2 Å². The van der Waals surface area contributed by atoms with Crippen LogP contribution in [0.1, 0.15) is 220 Å². The smallest absolute Gasteiger partial charge is 0.407 e. The molecule has 0 heterocycles. The van der Waals surface area contributed by atoms with Crippen LogP contribution < -0.4 is 5.32 Å². The zero-order chi connectivity index (χ0) is 35.9. The molecule has 290 valence electrons. The minimum absolute atomic E-state index is 0.00850. The molecule has 0 aliphatic carbocycles. The molecule has 0 rings (SSSR count). The summed E-state index contributed by atoms with van der Waals surface area (Å²) in [5.41, 5.74) is -0.542. The van der Waals surface area contributed by atoms with Gasteiger partial charge in [-0.15, -0.1) is 0 Å². The topological polar surface area (TPSA) is 67.8 Å². The Morgan fingerprint density at radius 2 is 1.00 bits per heavy atom. The molecular weight excluding hydrogens is 606 g/mol. The van der Waals surface area contributed by atoms with Gasteiger partial charge in [0.2, 0.25) is 0 Å². The average molecular weight is 692 g/mol. The van der Waals surface area contributed by atoms with Gasteiger partial charge in [-0.25, -0.2) is 4.79 Å². The highest BCUT2D eigenvalue weighted by atomic mass is 16.6. The van der Waals surface area contributed by atoms with Crippen LogP contribution in [0.25, 0.3) is 0 Å². The number of allylic oxidation sites excluding steroid dienone is 4. The summed E-state index contributed by atoms with van der Waals surface area (Å²) in [7, 11) is 0. The standard InChI is InChI=1S/C44H85NO4/c1-5-7-9-11-13-15-17-19-21-23-25-27-29-31-33-35-38-42(49-43(47)45-39-36-40-48-44(3,4)41-46)37-34-32-30-28-26-24-22-20-18-16-14-12-10-8-6-2/h14,16,20,22,42,46H,5-13,15,17-19,21,23-41H2,1-4H3,(H,45,47)/b16-14-,22-20-. The SMILES string of the molecule is CCCCC/C=C\C/C=C\CCCCCCCC(CCCCCCCCCCCCCCCCCC)OC(=O)NCCCOC(C)(C)CO. The number of carbonyl (C=O) groups excluding carboxylic acids is 1. The Morgan fingerprint density at radius 1 is 0.592 bits per heavy atom. The zero-order valence-corrected chi connectivity index (χ0v) is 33.4. The van der Waals surface area contributed by atoms with Crippen molar-refractivity contribution in [3.63, 3.8) is 0 Å². The van der Waals surface area contributed by atoms with E-state index >= 15 is 0 Å². The summed E-state index contributed by atoms with van der Waals surface area (Å²) < 4.78 is 11.6. The third-order valence-corrected chi connectivity index (χ3v) is 9.59. The number of aliphatic hydroxyl groups is 1. The molecule has 2 N–H and O–H groups in total. The number of hydrogen-bond donors (Lipinski definition) is 2. The van der Waals surface area contributed by atoms with Gasteiger partial charge in [0.25, 0.3) is 0 Å². The van der Waals surface area contributed by atoms with Crippen LogP contribution in [-0.4, -0.2) is 42.7 Å². The summed E-state index contributed by atoms with van der Waals surface area (Å²) in [5.74, 6) is 0. The van der Waals surface area contributed by atoms with E-state index in [1.54, 1.807) is 0 Å². The number of amides is 1. The minimum atomic E-state index is -0.542. The van der Waals surface area contributed by atoms with Crippen LogP contribution in [0.3, 0.4) is 0 Å². The molecular formula is C44H85NO4. The van der Waals surface area contributed by atoms with Gasteiger partial charge < -0.3 is 19.9 Å². The van der Waals surface area contributed by atoms with Crippen molar-refractivity contribution in [2.45, 2.75) is 232 Å². The number of unbranched alkanes of at least 4 members (excludes halogenated alkanes) is 23. The quantitative estimate of drug-likeness (QED) is 0.0499. The number of nitrogens with one attached hydrogen (secondary N) is 1. The van der Waals surface area contributed by atoms with Crippen molar-refractivity contribution in [3.8, 4) is 0 Å². The van der Waals surface area contributed by atoms with E-state index in [0.717, 1.165) is 32.1 Å². The number of alkyl carbamates (subject to hydrolysis) is 1. The molecule has 0 aromatic rings. The summed E-state index contributed by atoms with van der Waals surface area (Å²) in [5, 5.41) is 12.2. The molecule has 0 aliphatic heterocycles. The number of ether oxygens (including phenoxy) is 2. The highest BCUT2D eigenvalue weighted by molar-refractivity contribution is 5.67. The van der Waals surface area contributed by atoms with Gasteiger partial charge in [-0.05, 0) is 78.1 Å². The molecule has 0 bridgehead atoms. The molecule has 0 aromatic carbocycles. The van der Waals surface area contributed by atoms with Gasteiger partial charge >= 0.3 is 6.09 Å². The van der Waals surface area contributed by atoms with E-state index in [1.165, 1.54) is 154 Å². The van der Waals surface area contributed by atoms with E-state index < -0.39 is 5.60 Å². The lowest BCUT2D eigenvalue weighted by Crippen LogP contribution is -2.32. The molecule has 0 saturated carbocycles. The van der Waals surface area contributed by atoms with E-state index in [9.17, 15) is 9.90 Å². The Hall–Kier alpha value is -1.33. The maximum absolute atomic E-state index is 12.6. The Morgan fingerprint density at radius 3 is 1.47 bits per heavy atom. The van der Waals surface area contributed by atoms with Crippen LogP contribution >= 0.6 is 0 Å². The van der Waals surface area contributed by atoms with E-state index in [1.807, 2.05) is 13.8 Å². The minimum Gasteiger partial charge on any atom is -0.446 e. The average Bonchev–Trinajstić information content (AvgIpc) is 3.09. The summed E-state index contributed by atoms with van der Waals surface area (Å²) >= 11 is 0. The van der Waals surface area contributed by atoms with Crippen molar-refractivity contribution in [2.24, 2.45) is 0 Å². The van der Waals surface area contributed by atoms with Crippen molar-refractivity contribution in [1.82, 2.24) is 5.32 Å². The maximum atomic E-state index is 12.6. The maximum Gasteiger partial charge on any atom is 0.407 e. The molecule has 5 heteroatoms. The molecule has 0 fully saturated rings. The first-order valence-electron chi connectivity index (χ1n) is 21.4. The predicted octanol–water partition coefficient (Wildman–Crippen LogP) is 13.7. The second-order valence-corrected chi connectivity index (χ2v) is 15.2. The lowest BCUT2D eigenvalue weighted by atomic mass is 10.0. The fourth-order valence-electron chi connectivity index (χ4n) is 6.22. The highest BCUT2D eigenvalue weighted by Crippen LogP contribution is 2.18. The lowest BCUT2D eigenvalue weighted by molar-refractivity contribution is -0.0539. The van der Waals surface area contributed by atoms with Gasteiger partial charge in [0.1, 0.15) is 6.10 Å². The summed E-state index contributed by atoms with van der Waals surface area (Å²) in [6.07, 6.45) is 47.1. The van der Waals surface area contributed by atoms with Gasteiger partial charge in [0.05, 0.1) is 12.2 Å². The Balaban J connectivity index is 4.13. The van der Waals surface area contributed by atoms with E-state index in [4.69, 9.17) is 9.47 Å². The molecule has 1 amide bonds. The van der Waals surface area contributed by atoms with Crippen molar-refractivity contribution in [2.75, 3.05) is 19.8 Å². The first-order valence-corrected chi connectivity index (χ1v) is 21.4. The number of rotatable bonds is 38. The Labute approximate surface area is 306 Å². The second kappa shape index (κ2) is 37.9. The summed E-state index contributed by atoms with van der Waals surface area (Å²) in [6, 6.07) is 0. The van der Waals surface area contributed by atoms with Crippen molar-refractivity contribution < 1.29 is 19.4 Å². The van der Waals surface area contributed by atoms with E-state index in [2.05, 4.69) is 43.5 Å². The Bertz CT molecular complexity index is 734. The summed E-state index contributed by atoms with van der Waals surface area (Å²) in [4.78, 5) is 12.6. The monoisotopic (exact) mass is 692 g/mol. The first-order chi connectivity index (χ1) is 23.9. The third kappa shape index (κ3) is 37.7. The zero-order valence-electron chi connectivity index (χ0n) is 33.4. The fourth-order valence-corrected chi connectivity index (χ4v) is 6.22. The number of aliphatic hydroxyl groups excluding tert-OH is 1. The van der Waals surface area contributed by atoms with Crippen molar-refractivity contribution in [3.05, 3.63) is 24.3 Å². The molecule has 1 unspecified atom stereocenters. The van der Waals surface area contributed by atoms with Crippen LogP contribution in [0.15, 0.2) is 24.3 Å². The van der Waals surface area contributed by atoms with Crippen molar-refractivity contribution in [1.29, 1.82) is 0 Å². The molecule has 0 aromatic heterocycles. The van der Waals surface area contributed by atoms with Crippen LogP contribution in [0.5, 0.6) is 0 Å². The molecule has 1 atom stereocenters. The Kier molecular flexibility index (Phi) is 36.9. The van der Waals surface area contributed by atoms with Crippen LogP contribution in [0, 0.1) is 0 Å². The normalized spacial score (nSPS) is 12.8. The number of hydrogen-bond acceptors (Lipinski definition) is 4. The van der Waals surface area contributed by atoms with Crippen molar-refractivity contribution >= 4 is 6.09 Å². The molecule has 0 saturated heterocycles. The second-order valence-electron chi connectivity index (χ2n) is 15.2. The van der Waals surface area contributed by atoms with Crippen LogP contribution in [-0.2, 0) is 9.47 Å². The van der Waals surface area contributed by atoms with E-state index in [-0.39, 0.29) is 18.8 Å². The first kappa shape index (κ1) is 47.7. The van der Waals surface area contributed by atoms with E-state index in [0.29, 0.717) is 19.6 Å². The molecule has 49 heavy (non-hydrogen) atoms. The molecule has 0 spiro atoms. The lowest BCUT2D eigenvalue weighted by Gasteiger charge is -2.22. The predicted molar refractivity (Wildman–Crippen MR) is 214 cm³/mol.